The Hall–Kier alpha value is -0.200. The largest absolute Gasteiger partial charge is 0.379 e. The van der Waals surface area contributed by atoms with Gasteiger partial charge in [0.25, 0.3) is 0 Å². The second kappa shape index (κ2) is 22.1. The van der Waals surface area contributed by atoms with Crippen LogP contribution in [0.1, 0.15) is 34.1 Å². The Labute approximate surface area is 131 Å². The van der Waals surface area contributed by atoms with E-state index in [1.54, 1.807) is 0 Å². The molecule has 0 unspecified atom stereocenters. The van der Waals surface area contributed by atoms with Crippen molar-refractivity contribution < 1.29 is 18.9 Å². The van der Waals surface area contributed by atoms with Crippen LogP contribution >= 0.6 is 0 Å². The SMILES string of the molecule is CC.CNCCOCCOCCOCCOCCC(C)C. The van der Waals surface area contributed by atoms with Crippen LogP contribution in [-0.2, 0) is 18.9 Å². The predicted molar refractivity (Wildman–Crippen MR) is 88.0 cm³/mol. The summed E-state index contributed by atoms with van der Waals surface area (Å²) in [7, 11) is 1.91. The average Bonchev–Trinajstić information content (AvgIpc) is 2.49. The number of likely N-dealkylation sites (N-methyl/N-ethyl adjacent to an activating group) is 1. The summed E-state index contributed by atoms with van der Waals surface area (Å²) in [5.41, 5.74) is 0. The van der Waals surface area contributed by atoms with E-state index in [0.29, 0.717) is 45.6 Å². The van der Waals surface area contributed by atoms with E-state index in [1.165, 1.54) is 0 Å². The van der Waals surface area contributed by atoms with Crippen LogP contribution in [0.5, 0.6) is 0 Å². The van der Waals surface area contributed by atoms with Crippen LogP contribution in [0.4, 0.5) is 0 Å². The Morgan fingerprint density at radius 2 is 1.05 bits per heavy atom. The van der Waals surface area contributed by atoms with Crippen molar-refractivity contribution in [1.82, 2.24) is 5.32 Å². The van der Waals surface area contributed by atoms with Crippen molar-refractivity contribution in [3.8, 4) is 0 Å². The van der Waals surface area contributed by atoms with Gasteiger partial charge in [-0.15, -0.1) is 0 Å². The summed E-state index contributed by atoms with van der Waals surface area (Å²) in [5.74, 6) is 0.699. The predicted octanol–water partition coefficient (Wildman–Crippen LogP) is 2.34. The fourth-order valence-electron chi connectivity index (χ4n) is 1.26. The zero-order chi connectivity index (χ0) is 16.2. The molecule has 0 bridgehead atoms. The lowest BCUT2D eigenvalue weighted by molar-refractivity contribution is -0.00229. The minimum absolute atomic E-state index is 0.612. The van der Waals surface area contributed by atoms with E-state index in [2.05, 4.69) is 19.2 Å². The monoisotopic (exact) mass is 307 g/mol. The van der Waals surface area contributed by atoms with Crippen molar-refractivity contribution in [2.24, 2.45) is 5.92 Å². The van der Waals surface area contributed by atoms with E-state index in [4.69, 9.17) is 18.9 Å². The number of nitrogens with one attached hydrogen (secondary N) is 1. The summed E-state index contributed by atoms with van der Waals surface area (Å²) in [5, 5.41) is 3.02. The van der Waals surface area contributed by atoms with Gasteiger partial charge in [-0.2, -0.15) is 0 Å². The highest BCUT2D eigenvalue weighted by atomic mass is 16.6. The molecule has 0 atom stereocenters. The highest BCUT2D eigenvalue weighted by molar-refractivity contribution is 4.42. The summed E-state index contributed by atoms with van der Waals surface area (Å²) < 4.78 is 21.5. The first kappa shape index (κ1) is 23.1. The molecule has 21 heavy (non-hydrogen) atoms. The van der Waals surface area contributed by atoms with Crippen LogP contribution in [-0.4, -0.2) is 66.4 Å². The van der Waals surface area contributed by atoms with Gasteiger partial charge in [0.15, 0.2) is 0 Å². The minimum Gasteiger partial charge on any atom is -0.379 e. The number of ether oxygens (including phenoxy) is 4. The van der Waals surface area contributed by atoms with E-state index < -0.39 is 0 Å². The van der Waals surface area contributed by atoms with Crippen molar-refractivity contribution in [3.05, 3.63) is 0 Å². The van der Waals surface area contributed by atoms with Crippen molar-refractivity contribution in [2.45, 2.75) is 34.1 Å². The van der Waals surface area contributed by atoms with Gasteiger partial charge in [-0.1, -0.05) is 27.7 Å². The van der Waals surface area contributed by atoms with Crippen molar-refractivity contribution in [3.63, 3.8) is 0 Å². The van der Waals surface area contributed by atoms with E-state index in [1.807, 2.05) is 20.9 Å². The number of rotatable bonds is 15. The van der Waals surface area contributed by atoms with Gasteiger partial charge in [0.2, 0.25) is 0 Å². The number of hydrogen-bond donors (Lipinski definition) is 1. The van der Waals surface area contributed by atoms with Crippen LogP contribution < -0.4 is 5.32 Å². The highest BCUT2D eigenvalue weighted by Gasteiger charge is 1.94. The summed E-state index contributed by atoms with van der Waals surface area (Å²) >= 11 is 0. The molecule has 0 aromatic carbocycles. The molecule has 0 fully saturated rings. The molecule has 5 nitrogen and oxygen atoms in total. The highest BCUT2D eigenvalue weighted by Crippen LogP contribution is 1.98. The molecule has 0 aliphatic heterocycles. The maximum absolute atomic E-state index is 5.44. The van der Waals surface area contributed by atoms with E-state index >= 15 is 0 Å². The van der Waals surface area contributed by atoms with Gasteiger partial charge < -0.3 is 24.3 Å². The molecule has 0 rings (SSSR count). The summed E-state index contributed by atoms with van der Waals surface area (Å²) in [4.78, 5) is 0. The zero-order valence-electron chi connectivity index (χ0n) is 14.8. The molecule has 5 heteroatoms. The van der Waals surface area contributed by atoms with Crippen LogP contribution in [0.25, 0.3) is 0 Å². The second-order valence-electron chi connectivity index (χ2n) is 4.74. The molecular weight excluding hydrogens is 270 g/mol. The Morgan fingerprint density at radius 3 is 1.43 bits per heavy atom. The van der Waals surface area contributed by atoms with Gasteiger partial charge in [0.05, 0.1) is 46.2 Å². The van der Waals surface area contributed by atoms with Gasteiger partial charge >= 0.3 is 0 Å². The fourth-order valence-corrected chi connectivity index (χ4v) is 1.26. The molecular formula is C16H37NO4. The standard InChI is InChI=1S/C14H31NO4.C2H6/c1-14(2)4-6-16-8-10-18-12-13-19-11-9-17-7-5-15-3;1-2/h14-15H,4-13H2,1-3H3;1-2H3. The first-order chi connectivity index (χ1) is 10.3. The van der Waals surface area contributed by atoms with E-state index in [0.717, 1.165) is 26.2 Å². The molecule has 0 aliphatic rings. The molecule has 0 heterocycles. The quantitative estimate of drug-likeness (QED) is 0.471. The third-order valence-corrected chi connectivity index (χ3v) is 2.45. The first-order valence-electron chi connectivity index (χ1n) is 8.23. The first-order valence-corrected chi connectivity index (χ1v) is 8.23. The minimum atomic E-state index is 0.612. The topological polar surface area (TPSA) is 49.0 Å². The lowest BCUT2D eigenvalue weighted by Gasteiger charge is -2.08. The van der Waals surface area contributed by atoms with E-state index in [-0.39, 0.29) is 0 Å². The van der Waals surface area contributed by atoms with Gasteiger partial charge in [0.1, 0.15) is 0 Å². The summed E-state index contributed by atoms with van der Waals surface area (Å²) in [6.45, 7) is 14.6. The zero-order valence-corrected chi connectivity index (χ0v) is 14.8. The normalized spacial score (nSPS) is 10.6. The Morgan fingerprint density at radius 1 is 0.667 bits per heavy atom. The van der Waals surface area contributed by atoms with Gasteiger partial charge in [-0.3, -0.25) is 0 Å². The maximum Gasteiger partial charge on any atom is 0.0701 e. The molecule has 130 valence electrons. The van der Waals surface area contributed by atoms with Crippen LogP contribution in [0.2, 0.25) is 0 Å². The maximum atomic E-state index is 5.44. The Bertz CT molecular complexity index is 168. The lowest BCUT2D eigenvalue weighted by Crippen LogP contribution is -2.17. The Kier molecular flexibility index (Phi) is 24.3. The van der Waals surface area contributed by atoms with Crippen molar-refractivity contribution in [2.75, 3.05) is 66.4 Å². The molecule has 0 saturated heterocycles. The smallest absolute Gasteiger partial charge is 0.0701 e. The molecule has 0 saturated carbocycles. The van der Waals surface area contributed by atoms with Crippen LogP contribution in [0.3, 0.4) is 0 Å². The number of hydrogen-bond acceptors (Lipinski definition) is 5. The Balaban J connectivity index is 0. The summed E-state index contributed by atoms with van der Waals surface area (Å²) in [6.07, 6.45) is 1.11. The fraction of sp³-hybridized carbons (Fsp3) is 1.00. The third kappa shape index (κ3) is 25.1. The molecule has 0 aliphatic carbocycles. The average molecular weight is 307 g/mol. The summed E-state index contributed by atoms with van der Waals surface area (Å²) in [6, 6.07) is 0. The molecule has 0 aromatic rings. The molecule has 0 amide bonds. The van der Waals surface area contributed by atoms with Gasteiger partial charge in [0, 0.05) is 13.2 Å². The van der Waals surface area contributed by atoms with Crippen LogP contribution in [0.15, 0.2) is 0 Å². The van der Waals surface area contributed by atoms with Gasteiger partial charge in [-0.05, 0) is 19.4 Å². The van der Waals surface area contributed by atoms with E-state index in [9.17, 15) is 0 Å². The molecule has 0 spiro atoms. The van der Waals surface area contributed by atoms with Crippen molar-refractivity contribution in [1.29, 1.82) is 0 Å². The molecule has 0 aromatic heterocycles. The van der Waals surface area contributed by atoms with Crippen LogP contribution in [0, 0.1) is 5.92 Å². The second-order valence-corrected chi connectivity index (χ2v) is 4.74. The van der Waals surface area contributed by atoms with Crippen molar-refractivity contribution >= 4 is 0 Å². The third-order valence-electron chi connectivity index (χ3n) is 2.45. The van der Waals surface area contributed by atoms with Gasteiger partial charge in [-0.25, -0.2) is 0 Å². The lowest BCUT2D eigenvalue weighted by atomic mass is 10.1. The molecule has 1 N–H and O–H groups in total. The molecule has 0 radical (unpaired) electrons.